The number of hydrogen-bond acceptors (Lipinski definition) is 3. The Labute approximate surface area is 93.9 Å². The Morgan fingerprint density at radius 3 is 2.36 bits per heavy atom. The lowest BCUT2D eigenvalue weighted by Gasteiger charge is -2.20. The molecule has 0 fully saturated rings. The summed E-state index contributed by atoms with van der Waals surface area (Å²) in [6.45, 7) is 7.37. The predicted molar refractivity (Wildman–Crippen MR) is 61.1 cm³/mol. The topological polar surface area (TPSA) is 50.2 Å². The summed E-state index contributed by atoms with van der Waals surface area (Å²) in [4.78, 5) is 11.3. The number of carbonyl (C=O) groups excluding carboxylic acids is 1. The van der Waals surface area contributed by atoms with Crippen LogP contribution in [-0.2, 0) is 9.53 Å². The maximum Gasteiger partial charge on any atom is 0.352 e. The van der Waals surface area contributed by atoms with Crippen LogP contribution in [0.3, 0.4) is 0 Å². The first kappa shape index (κ1) is 13.6. The monoisotopic (exact) mass is 263 g/mol. The van der Waals surface area contributed by atoms with Crippen LogP contribution in [-0.4, -0.2) is 22.6 Å². The van der Waals surface area contributed by atoms with E-state index in [1.807, 2.05) is 6.92 Å². The molecule has 4 heteroatoms. The second-order valence-corrected chi connectivity index (χ2v) is 5.09. The van der Waals surface area contributed by atoms with E-state index in [1.54, 1.807) is 20.8 Å². The summed E-state index contributed by atoms with van der Waals surface area (Å²) in [6, 6.07) is 0. The average molecular weight is 264 g/mol. The zero-order valence-corrected chi connectivity index (χ0v) is 10.8. The minimum Gasteiger partial charge on any atom is -0.456 e. The molecular weight excluding hydrogens is 246 g/mol. The molecule has 1 N–H and O–H groups in total. The van der Waals surface area contributed by atoms with Gasteiger partial charge in [0.1, 0.15) is 11.3 Å². The first-order valence-corrected chi connectivity index (χ1v) is 5.75. The zero-order valence-electron chi connectivity index (χ0n) is 9.19. The lowest BCUT2D eigenvalue weighted by atomic mass is 10.1. The third-order valence-corrected chi connectivity index (χ3v) is 2.57. The Hall–Kier alpha value is -0.380. The molecule has 0 saturated carbocycles. The van der Waals surface area contributed by atoms with Crippen molar-refractivity contribution in [1.82, 2.24) is 0 Å². The Kier molecular flexibility index (Phi) is 5.34. The minimum absolute atomic E-state index is 0.0480. The second-order valence-electron chi connectivity index (χ2n) is 4.44. The summed E-state index contributed by atoms with van der Waals surface area (Å²) in [6.07, 6.45) is 0.458. The summed E-state index contributed by atoms with van der Waals surface area (Å²) in [5, 5.41) is 8.30. The van der Waals surface area contributed by atoms with Crippen molar-refractivity contribution in [1.29, 1.82) is 5.41 Å². The summed E-state index contributed by atoms with van der Waals surface area (Å²) >= 11 is 3.31. The summed E-state index contributed by atoms with van der Waals surface area (Å²) in [5.74, 6) is -0.222. The van der Waals surface area contributed by atoms with Crippen molar-refractivity contribution in [3.63, 3.8) is 0 Å². The van der Waals surface area contributed by atoms with E-state index < -0.39 is 11.6 Å². The Bertz CT molecular complexity index is 221. The standard InChI is InChI=1S/C10H18BrNO2/c1-7(6-11)5-8(12)9(13)14-10(2,3)4/h7,12H,5-6H2,1-4H3. The van der Waals surface area contributed by atoms with Gasteiger partial charge in [-0.2, -0.15) is 0 Å². The molecule has 0 saturated heterocycles. The van der Waals surface area contributed by atoms with Gasteiger partial charge in [0.25, 0.3) is 0 Å². The van der Waals surface area contributed by atoms with E-state index >= 15 is 0 Å². The fourth-order valence-electron chi connectivity index (χ4n) is 0.826. The van der Waals surface area contributed by atoms with E-state index in [1.165, 1.54) is 0 Å². The minimum atomic E-state index is -0.513. The van der Waals surface area contributed by atoms with Crippen LogP contribution in [0.5, 0.6) is 0 Å². The molecule has 0 aromatic rings. The zero-order chi connectivity index (χ0) is 11.4. The maximum absolute atomic E-state index is 11.3. The van der Waals surface area contributed by atoms with Gasteiger partial charge in [-0.25, -0.2) is 4.79 Å². The van der Waals surface area contributed by atoms with Gasteiger partial charge in [0.05, 0.1) is 0 Å². The fourth-order valence-corrected chi connectivity index (χ4v) is 1.05. The molecule has 1 atom stereocenters. The molecule has 82 valence electrons. The molecule has 0 aliphatic rings. The van der Waals surface area contributed by atoms with Crippen molar-refractivity contribution in [2.24, 2.45) is 5.92 Å². The third kappa shape index (κ3) is 6.13. The van der Waals surface area contributed by atoms with Crippen LogP contribution >= 0.6 is 15.9 Å². The van der Waals surface area contributed by atoms with Crippen LogP contribution in [0, 0.1) is 11.3 Å². The molecule has 0 radical (unpaired) electrons. The van der Waals surface area contributed by atoms with Gasteiger partial charge in [0.15, 0.2) is 0 Å². The highest BCUT2D eigenvalue weighted by molar-refractivity contribution is 9.09. The summed E-state index contributed by atoms with van der Waals surface area (Å²) in [7, 11) is 0. The van der Waals surface area contributed by atoms with E-state index in [2.05, 4.69) is 15.9 Å². The van der Waals surface area contributed by atoms with E-state index in [4.69, 9.17) is 10.1 Å². The number of rotatable bonds is 4. The molecular formula is C10H18BrNO2. The second kappa shape index (κ2) is 5.49. The van der Waals surface area contributed by atoms with E-state index in [9.17, 15) is 4.79 Å². The van der Waals surface area contributed by atoms with Crippen molar-refractivity contribution in [2.75, 3.05) is 5.33 Å². The van der Waals surface area contributed by atoms with Crippen molar-refractivity contribution in [3.05, 3.63) is 0 Å². The number of nitrogens with one attached hydrogen (secondary N) is 1. The van der Waals surface area contributed by atoms with Gasteiger partial charge in [0, 0.05) is 5.33 Å². The molecule has 0 aliphatic heterocycles. The number of alkyl halides is 1. The Balaban J connectivity index is 4.08. The molecule has 1 unspecified atom stereocenters. The van der Waals surface area contributed by atoms with Crippen molar-refractivity contribution >= 4 is 27.6 Å². The molecule has 0 amide bonds. The van der Waals surface area contributed by atoms with Crippen LogP contribution in [0.4, 0.5) is 0 Å². The van der Waals surface area contributed by atoms with Crippen molar-refractivity contribution in [3.8, 4) is 0 Å². The van der Waals surface area contributed by atoms with E-state index in [-0.39, 0.29) is 11.6 Å². The van der Waals surface area contributed by atoms with Crippen LogP contribution in [0.2, 0.25) is 0 Å². The highest BCUT2D eigenvalue weighted by Crippen LogP contribution is 2.11. The van der Waals surface area contributed by atoms with Crippen LogP contribution in [0.25, 0.3) is 0 Å². The summed E-state index contributed by atoms with van der Waals surface area (Å²) < 4.78 is 5.07. The normalized spacial score (nSPS) is 13.5. The number of esters is 1. The Morgan fingerprint density at radius 1 is 1.50 bits per heavy atom. The van der Waals surface area contributed by atoms with Gasteiger partial charge >= 0.3 is 5.97 Å². The SMILES string of the molecule is CC(CBr)CC(=N)C(=O)OC(C)(C)C. The number of carbonyl (C=O) groups is 1. The number of halogens is 1. The van der Waals surface area contributed by atoms with Crippen molar-refractivity contribution < 1.29 is 9.53 Å². The van der Waals surface area contributed by atoms with Crippen molar-refractivity contribution in [2.45, 2.75) is 39.7 Å². The smallest absolute Gasteiger partial charge is 0.352 e. The third-order valence-electron chi connectivity index (χ3n) is 1.46. The molecule has 3 nitrogen and oxygen atoms in total. The number of ether oxygens (including phenoxy) is 1. The molecule has 0 spiro atoms. The molecule has 14 heavy (non-hydrogen) atoms. The largest absolute Gasteiger partial charge is 0.456 e. The van der Waals surface area contributed by atoms with Crippen LogP contribution in [0.1, 0.15) is 34.1 Å². The van der Waals surface area contributed by atoms with Crippen LogP contribution in [0.15, 0.2) is 0 Å². The highest BCUT2D eigenvalue weighted by atomic mass is 79.9. The Morgan fingerprint density at radius 2 is 2.00 bits per heavy atom. The number of hydrogen-bond donors (Lipinski definition) is 1. The molecule has 0 aromatic carbocycles. The van der Waals surface area contributed by atoms with Gasteiger partial charge in [-0.3, -0.25) is 5.41 Å². The first-order valence-electron chi connectivity index (χ1n) is 4.63. The lowest BCUT2D eigenvalue weighted by molar-refractivity contribution is -0.146. The molecule has 0 aromatic heterocycles. The lowest BCUT2D eigenvalue weighted by Crippen LogP contribution is -2.29. The average Bonchev–Trinajstić information content (AvgIpc) is 2.00. The fraction of sp³-hybridized carbons (Fsp3) is 0.800. The van der Waals surface area contributed by atoms with E-state index in [0.717, 1.165) is 5.33 Å². The molecule has 0 rings (SSSR count). The summed E-state index contributed by atoms with van der Waals surface area (Å²) in [5.41, 5.74) is -0.465. The highest BCUT2D eigenvalue weighted by Gasteiger charge is 2.20. The predicted octanol–water partition coefficient (Wildman–Crippen LogP) is 2.77. The van der Waals surface area contributed by atoms with Gasteiger partial charge in [-0.05, 0) is 33.1 Å². The van der Waals surface area contributed by atoms with Gasteiger partial charge in [-0.1, -0.05) is 22.9 Å². The first-order chi connectivity index (χ1) is 6.26. The molecule has 0 bridgehead atoms. The molecule has 0 heterocycles. The van der Waals surface area contributed by atoms with Gasteiger partial charge < -0.3 is 4.74 Å². The molecule has 0 aliphatic carbocycles. The van der Waals surface area contributed by atoms with Gasteiger partial charge in [-0.15, -0.1) is 0 Å². The van der Waals surface area contributed by atoms with E-state index in [0.29, 0.717) is 6.42 Å². The van der Waals surface area contributed by atoms with Crippen LogP contribution < -0.4 is 0 Å². The van der Waals surface area contributed by atoms with Gasteiger partial charge in [0.2, 0.25) is 0 Å². The maximum atomic E-state index is 11.3. The quantitative estimate of drug-likeness (QED) is 0.482.